The Bertz CT molecular complexity index is 650. The second-order valence-corrected chi connectivity index (χ2v) is 5.48. The first-order chi connectivity index (χ1) is 10.7. The van der Waals surface area contributed by atoms with Crippen LogP contribution < -0.4 is 14.4 Å². The minimum atomic E-state index is -0.0350. The number of benzene rings is 2. The van der Waals surface area contributed by atoms with Crippen molar-refractivity contribution in [3.05, 3.63) is 54.1 Å². The lowest BCUT2D eigenvalue weighted by Gasteiger charge is -2.25. The molecule has 0 N–H and O–H groups in total. The Morgan fingerprint density at radius 1 is 1.09 bits per heavy atom. The first-order valence-corrected chi connectivity index (χ1v) is 7.38. The highest BCUT2D eigenvalue weighted by Gasteiger charge is 2.19. The largest absolute Gasteiger partial charge is 0.486 e. The molecule has 1 heterocycles. The molecule has 1 aliphatic heterocycles. The van der Waals surface area contributed by atoms with Crippen LogP contribution in [0.25, 0.3) is 0 Å². The fourth-order valence-electron chi connectivity index (χ4n) is 2.29. The summed E-state index contributed by atoms with van der Waals surface area (Å²) in [6.07, 6.45) is 1.84. The molecule has 0 aromatic heterocycles. The van der Waals surface area contributed by atoms with Gasteiger partial charge in [0.2, 0.25) is 0 Å². The van der Waals surface area contributed by atoms with Crippen molar-refractivity contribution in [3.63, 3.8) is 0 Å². The van der Waals surface area contributed by atoms with Crippen LogP contribution in [0.3, 0.4) is 0 Å². The van der Waals surface area contributed by atoms with E-state index in [2.05, 4.69) is 34.2 Å². The molecule has 0 bridgehead atoms. The molecule has 4 heteroatoms. The maximum atomic E-state index is 5.88. The highest BCUT2D eigenvalue weighted by molar-refractivity contribution is 5.80. The summed E-state index contributed by atoms with van der Waals surface area (Å²) in [7, 11) is 4.06. The summed E-state index contributed by atoms with van der Waals surface area (Å²) < 4.78 is 11.6. The van der Waals surface area contributed by atoms with Gasteiger partial charge in [0.05, 0.1) is 6.54 Å². The maximum absolute atomic E-state index is 5.88. The quantitative estimate of drug-likeness (QED) is 0.813. The Hall–Kier alpha value is -2.49. The molecule has 0 spiro atoms. The first-order valence-electron chi connectivity index (χ1n) is 7.38. The normalized spacial score (nSPS) is 16.7. The van der Waals surface area contributed by atoms with Crippen LogP contribution >= 0.6 is 0 Å². The molecule has 0 radical (unpaired) electrons. The van der Waals surface area contributed by atoms with Crippen LogP contribution in [0.2, 0.25) is 0 Å². The average Bonchev–Trinajstić information content (AvgIpc) is 2.55. The molecule has 0 unspecified atom stereocenters. The van der Waals surface area contributed by atoms with Crippen molar-refractivity contribution < 1.29 is 9.47 Å². The number of ether oxygens (including phenoxy) is 2. The molecule has 0 fully saturated rings. The molecule has 114 valence electrons. The molecule has 2 aromatic carbocycles. The Kier molecular flexibility index (Phi) is 4.28. The van der Waals surface area contributed by atoms with Gasteiger partial charge in [-0.3, -0.25) is 4.99 Å². The molecule has 0 amide bonds. The van der Waals surface area contributed by atoms with Crippen LogP contribution in [0.4, 0.5) is 5.69 Å². The van der Waals surface area contributed by atoms with E-state index in [4.69, 9.17) is 9.47 Å². The highest BCUT2D eigenvalue weighted by Crippen LogP contribution is 2.30. The molecule has 0 aliphatic carbocycles. The van der Waals surface area contributed by atoms with E-state index >= 15 is 0 Å². The molecule has 1 aliphatic rings. The first kappa shape index (κ1) is 14.4. The van der Waals surface area contributed by atoms with Gasteiger partial charge < -0.3 is 14.4 Å². The van der Waals surface area contributed by atoms with E-state index in [-0.39, 0.29) is 6.10 Å². The van der Waals surface area contributed by atoms with Crippen LogP contribution in [0.15, 0.2) is 53.5 Å². The van der Waals surface area contributed by atoms with Gasteiger partial charge in [0.15, 0.2) is 17.6 Å². The van der Waals surface area contributed by atoms with Gasteiger partial charge >= 0.3 is 0 Å². The van der Waals surface area contributed by atoms with Gasteiger partial charge in [0, 0.05) is 26.0 Å². The fraction of sp³-hybridized carbons (Fsp3) is 0.278. The zero-order valence-corrected chi connectivity index (χ0v) is 12.9. The number of aliphatic imine (C=N–C) groups is 1. The van der Waals surface area contributed by atoms with Crippen molar-refractivity contribution in [1.29, 1.82) is 0 Å². The second-order valence-electron chi connectivity index (χ2n) is 5.48. The Balaban J connectivity index is 1.56. The Labute approximate surface area is 131 Å². The van der Waals surface area contributed by atoms with Crippen molar-refractivity contribution >= 4 is 11.9 Å². The van der Waals surface area contributed by atoms with Gasteiger partial charge in [-0.05, 0) is 29.8 Å². The average molecular weight is 296 g/mol. The van der Waals surface area contributed by atoms with Gasteiger partial charge in [-0.1, -0.05) is 24.3 Å². The van der Waals surface area contributed by atoms with Crippen molar-refractivity contribution in [2.75, 3.05) is 32.1 Å². The smallest absolute Gasteiger partial charge is 0.161 e. The summed E-state index contributed by atoms with van der Waals surface area (Å²) in [5.41, 5.74) is 2.26. The SMILES string of the molecule is CN(C)c1ccc(C=NC[C@H]2COc3ccccc3O2)cc1. The Morgan fingerprint density at radius 2 is 1.82 bits per heavy atom. The molecule has 3 rings (SSSR count). The van der Waals surface area contributed by atoms with Gasteiger partial charge in [-0.25, -0.2) is 0 Å². The molecular formula is C18H20N2O2. The summed E-state index contributed by atoms with van der Waals surface area (Å²) in [4.78, 5) is 6.54. The van der Waals surface area contributed by atoms with Crippen LogP contribution in [0, 0.1) is 0 Å². The van der Waals surface area contributed by atoms with Crippen LogP contribution in [0.5, 0.6) is 11.5 Å². The third-order valence-corrected chi connectivity index (χ3v) is 3.53. The molecule has 2 aromatic rings. The summed E-state index contributed by atoms with van der Waals surface area (Å²) in [5, 5.41) is 0. The monoisotopic (exact) mass is 296 g/mol. The van der Waals surface area contributed by atoms with Crippen LogP contribution in [-0.2, 0) is 0 Å². The van der Waals surface area contributed by atoms with Crippen molar-refractivity contribution in [2.45, 2.75) is 6.10 Å². The topological polar surface area (TPSA) is 34.1 Å². The molecular weight excluding hydrogens is 276 g/mol. The lowest BCUT2D eigenvalue weighted by atomic mass is 10.2. The number of nitrogens with zero attached hydrogens (tertiary/aromatic N) is 2. The van der Waals surface area contributed by atoms with E-state index in [0.29, 0.717) is 13.2 Å². The molecule has 1 atom stereocenters. The minimum Gasteiger partial charge on any atom is -0.486 e. The second kappa shape index (κ2) is 6.52. The third-order valence-electron chi connectivity index (χ3n) is 3.53. The van der Waals surface area contributed by atoms with Gasteiger partial charge in [-0.15, -0.1) is 0 Å². The zero-order chi connectivity index (χ0) is 15.4. The number of anilines is 1. The summed E-state index contributed by atoms with van der Waals surface area (Å²) in [6, 6.07) is 16.0. The van der Waals surface area contributed by atoms with Crippen LogP contribution in [0.1, 0.15) is 5.56 Å². The Morgan fingerprint density at radius 3 is 2.55 bits per heavy atom. The summed E-state index contributed by atoms with van der Waals surface area (Å²) in [5.74, 6) is 1.60. The molecule has 0 saturated carbocycles. The number of hydrogen-bond acceptors (Lipinski definition) is 4. The lowest BCUT2D eigenvalue weighted by molar-refractivity contribution is 0.0973. The minimum absolute atomic E-state index is 0.0350. The zero-order valence-electron chi connectivity index (χ0n) is 12.9. The predicted molar refractivity (Wildman–Crippen MR) is 89.6 cm³/mol. The van der Waals surface area contributed by atoms with E-state index in [1.165, 1.54) is 5.69 Å². The number of rotatable bonds is 4. The summed E-state index contributed by atoms with van der Waals surface area (Å²) >= 11 is 0. The van der Waals surface area contributed by atoms with E-state index in [0.717, 1.165) is 17.1 Å². The lowest BCUT2D eigenvalue weighted by Crippen LogP contribution is -2.31. The highest BCUT2D eigenvalue weighted by atomic mass is 16.6. The maximum Gasteiger partial charge on any atom is 0.161 e. The van der Waals surface area contributed by atoms with Crippen LogP contribution in [-0.4, -0.2) is 39.6 Å². The van der Waals surface area contributed by atoms with E-state index in [9.17, 15) is 0 Å². The third kappa shape index (κ3) is 3.39. The molecule has 0 saturated heterocycles. The molecule has 22 heavy (non-hydrogen) atoms. The van der Waals surface area contributed by atoms with E-state index in [1.54, 1.807) is 0 Å². The molecule has 4 nitrogen and oxygen atoms in total. The standard InChI is InChI=1S/C18H20N2O2/c1-20(2)15-9-7-14(8-10-15)11-19-12-16-13-21-17-5-3-4-6-18(17)22-16/h3-11,16H,12-13H2,1-2H3/t16-/m0/s1. The van der Waals surface area contributed by atoms with Crippen molar-refractivity contribution in [1.82, 2.24) is 0 Å². The van der Waals surface area contributed by atoms with Gasteiger partial charge in [-0.2, -0.15) is 0 Å². The predicted octanol–water partition coefficient (Wildman–Crippen LogP) is 3.01. The van der Waals surface area contributed by atoms with Gasteiger partial charge in [0.25, 0.3) is 0 Å². The van der Waals surface area contributed by atoms with Crippen molar-refractivity contribution in [2.24, 2.45) is 4.99 Å². The van der Waals surface area contributed by atoms with E-state index < -0.39 is 0 Å². The fourth-order valence-corrected chi connectivity index (χ4v) is 2.29. The summed E-state index contributed by atoms with van der Waals surface area (Å²) in [6.45, 7) is 1.12. The number of hydrogen-bond donors (Lipinski definition) is 0. The number of para-hydroxylation sites is 2. The van der Waals surface area contributed by atoms with Crippen molar-refractivity contribution in [3.8, 4) is 11.5 Å². The van der Waals surface area contributed by atoms with Gasteiger partial charge in [0.1, 0.15) is 6.61 Å². The van der Waals surface area contributed by atoms with E-state index in [1.807, 2.05) is 44.6 Å². The number of fused-ring (bicyclic) bond motifs is 1.